The second kappa shape index (κ2) is 11.3. The van der Waals surface area contributed by atoms with Crippen LogP contribution in [-0.4, -0.2) is 24.8 Å². The predicted molar refractivity (Wildman–Crippen MR) is 133 cm³/mol. The van der Waals surface area contributed by atoms with Gasteiger partial charge in [0.1, 0.15) is 0 Å². The molecule has 0 bridgehead atoms. The molecule has 0 spiro atoms. The van der Waals surface area contributed by atoms with Crippen molar-refractivity contribution in [2.75, 3.05) is 23.8 Å². The van der Waals surface area contributed by atoms with Gasteiger partial charge in [-0.15, -0.1) is 11.3 Å². The van der Waals surface area contributed by atoms with Gasteiger partial charge in [-0.1, -0.05) is 31.2 Å². The highest BCUT2D eigenvalue weighted by atomic mass is 32.1. The summed E-state index contributed by atoms with van der Waals surface area (Å²) in [4.78, 5) is 13.8. The summed E-state index contributed by atoms with van der Waals surface area (Å²) in [5.41, 5.74) is 9.27. The molecule has 1 aromatic heterocycles. The van der Waals surface area contributed by atoms with E-state index in [1.54, 1.807) is 55.5 Å². The zero-order valence-electron chi connectivity index (χ0n) is 18.5. The molecule has 2 atom stereocenters. The lowest BCUT2D eigenvalue weighted by Crippen LogP contribution is -2.15. The quantitative estimate of drug-likeness (QED) is 0.272. The van der Waals surface area contributed by atoms with Crippen molar-refractivity contribution in [3.05, 3.63) is 71.1 Å². The second-order valence-electron chi connectivity index (χ2n) is 7.20. The molecule has 7 nitrogen and oxygen atoms in total. The van der Waals surface area contributed by atoms with Crippen molar-refractivity contribution in [2.24, 2.45) is 0 Å². The number of carbonyl (C=O) groups excluding carboxylic acids is 1. The highest BCUT2D eigenvalue weighted by Gasteiger charge is 2.26. The summed E-state index contributed by atoms with van der Waals surface area (Å²) in [6, 6.07) is 18.4. The third kappa shape index (κ3) is 6.53. The molecule has 2 unspecified atom stereocenters. The first-order valence-corrected chi connectivity index (χ1v) is 13.1. The lowest BCUT2D eigenvalue weighted by Gasteiger charge is -2.19. The molecular weight excluding hydrogens is 457 g/mol. The van der Waals surface area contributed by atoms with Gasteiger partial charge in [-0.3, -0.25) is 13.9 Å². The normalized spacial score (nSPS) is 13.6. The maximum Gasteiger partial charge on any atom is 0.331 e. The molecule has 1 heterocycles. The predicted octanol–water partition coefficient (Wildman–Crippen LogP) is 5.95. The smallest absolute Gasteiger partial charge is 0.331 e. The Kier molecular flexibility index (Phi) is 8.43. The second-order valence-corrected chi connectivity index (χ2v) is 10.5. The lowest BCUT2D eigenvalue weighted by molar-refractivity contribution is 0.102. The summed E-state index contributed by atoms with van der Waals surface area (Å²) in [5.74, 6) is -0.295. The summed E-state index contributed by atoms with van der Waals surface area (Å²) in [5, 5.41) is 14.3. The Morgan fingerprint density at radius 1 is 1.21 bits per heavy atom. The van der Waals surface area contributed by atoms with E-state index >= 15 is 0 Å². The topological polar surface area (TPSA) is 114 Å². The summed E-state index contributed by atoms with van der Waals surface area (Å²) < 4.78 is 23.2. The van der Waals surface area contributed by atoms with Crippen LogP contribution in [0.25, 0.3) is 10.4 Å². The van der Waals surface area contributed by atoms with E-state index < -0.39 is 13.7 Å². The van der Waals surface area contributed by atoms with E-state index in [-0.39, 0.29) is 25.1 Å². The molecule has 0 saturated carbocycles. The number of nitrogens with two attached hydrogens (primary N) is 1. The van der Waals surface area contributed by atoms with Crippen molar-refractivity contribution in [1.82, 2.24) is 0 Å². The number of nitrogens with one attached hydrogen (secondary N) is 1. The maximum absolute atomic E-state index is 12.8. The van der Waals surface area contributed by atoms with E-state index in [2.05, 4.69) is 5.32 Å². The number of carbonyl (C=O) groups is 1. The fraction of sp³-hybridized carbons (Fsp3) is 0.250. The molecule has 0 fully saturated rings. The fourth-order valence-electron chi connectivity index (χ4n) is 3.15. The first-order valence-electron chi connectivity index (χ1n) is 10.5. The van der Waals surface area contributed by atoms with Gasteiger partial charge >= 0.3 is 7.60 Å². The highest BCUT2D eigenvalue weighted by molar-refractivity contribution is 7.53. The van der Waals surface area contributed by atoms with Crippen LogP contribution in [0, 0.1) is 11.3 Å². The van der Waals surface area contributed by atoms with Crippen molar-refractivity contribution in [3.8, 4) is 16.5 Å². The van der Waals surface area contributed by atoms with Crippen molar-refractivity contribution in [2.45, 2.75) is 26.4 Å². The van der Waals surface area contributed by atoms with E-state index in [4.69, 9.17) is 14.8 Å². The minimum absolute atomic E-state index is 0.189. The first-order chi connectivity index (χ1) is 15.9. The third-order valence-electron chi connectivity index (χ3n) is 4.89. The van der Waals surface area contributed by atoms with Crippen molar-refractivity contribution < 1.29 is 18.4 Å². The number of benzene rings is 2. The Morgan fingerprint density at radius 2 is 1.97 bits per heavy atom. The molecule has 0 aliphatic carbocycles. The van der Waals surface area contributed by atoms with Gasteiger partial charge in [0.15, 0.2) is 6.10 Å². The van der Waals surface area contributed by atoms with Crippen molar-refractivity contribution in [3.63, 3.8) is 0 Å². The molecule has 0 saturated heterocycles. The van der Waals surface area contributed by atoms with E-state index in [1.165, 1.54) is 0 Å². The molecule has 9 heteroatoms. The number of hydrogen-bond acceptors (Lipinski definition) is 7. The van der Waals surface area contributed by atoms with Crippen LogP contribution in [0.1, 0.15) is 29.8 Å². The zero-order valence-corrected chi connectivity index (χ0v) is 20.2. The molecule has 2 aromatic carbocycles. The molecule has 33 heavy (non-hydrogen) atoms. The number of hydrogen-bond donors (Lipinski definition) is 2. The van der Waals surface area contributed by atoms with Crippen LogP contribution in [0.4, 0.5) is 11.4 Å². The van der Waals surface area contributed by atoms with Crippen LogP contribution < -0.4 is 11.1 Å². The Hall–Kier alpha value is -2.95. The van der Waals surface area contributed by atoms with Gasteiger partial charge in [0.2, 0.25) is 0 Å². The number of nitrogen functional groups attached to an aromatic ring is 1. The van der Waals surface area contributed by atoms with Crippen LogP contribution >= 0.6 is 18.9 Å². The Balaban J connectivity index is 1.68. The number of thiophene rings is 1. The highest BCUT2D eigenvalue weighted by Crippen LogP contribution is 2.49. The molecule has 3 aromatic rings. The van der Waals surface area contributed by atoms with Gasteiger partial charge < -0.3 is 15.6 Å². The lowest BCUT2D eigenvalue weighted by atomic mass is 10.1. The largest absolute Gasteiger partial charge is 0.397 e. The number of nitriles is 1. The van der Waals surface area contributed by atoms with Gasteiger partial charge in [-0.05, 0) is 53.8 Å². The van der Waals surface area contributed by atoms with E-state index in [0.29, 0.717) is 16.9 Å². The minimum atomic E-state index is -3.30. The molecule has 3 N–H and O–H groups in total. The molecular formula is C24H26N3O4PS. The Bertz CT molecular complexity index is 1170. The van der Waals surface area contributed by atoms with Crippen LogP contribution in [0.15, 0.2) is 60.0 Å². The summed E-state index contributed by atoms with van der Waals surface area (Å²) in [6.45, 7) is 3.66. The van der Waals surface area contributed by atoms with Gasteiger partial charge in [-0.2, -0.15) is 5.26 Å². The van der Waals surface area contributed by atoms with Crippen molar-refractivity contribution in [1.29, 1.82) is 5.26 Å². The summed E-state index contributed by atoms with van der Waals surface area (Å²) in [6.07, 6.45) is -0.498. The number of amides is 1. The van der Waals surface area contributed by atoms with Gasteiger partial charge in [0.25, 0.3) is 5.91 Å². The average molecular weight is 484 g/mol. The Labute approximate surface area is 197 Å². The fourth-order valence-corrected chi connectivity index (χ4v) is 5.17. The molecule has 0 aliphatic rings. The SMILES string of the molecule is CCOP(=O)(CC)OC(C#N)Cc1ccc(C(=O)Nc2cc(-c3cccs3)ccc2N)cc1. The first kappa shape index (κ1) is 24.7. The van der Waals surface area contributed by atoms with E-state index in [9.17, 15) is 14.6 Å². The number of nitrogens with zero attached hydrogens (tertiary/aromatic N) is 1. The molecule has 0 aliphatic heterocycles. The van der Waals surface area contributed by atoms with Gasteiger partial charge in [-0.25, -0.2) is 0 Å². The monoisotopic (exact) mass is 483 g/mol. The minimum Gasteiger partial charge on any atom is -0.397 e. The van der Waals surface area contributed by atoms with E-state index in [1.807, 2.05) is 35.7 Å². The van der Waals surface area contributed by atoms with Crippen molar-refractivity contribution >= 4 is 36.2 Å². The maximum atomic E-state index is 12.8. The Morgan fingerprint density at radius 3 is 2.58 bits per heavy atom. The van der Waals surface area contributed by atoms with Crippen LogP contribution in [0.5, 0.6) is 0 Å². The number of rotatable bonds is 10. The van der Waals surface area contributed by atoms with Crippen LogP contribution in [0.2, 0.25) is 0 Å². The molecule has 3 rings (SSSR count). The zero-order chi connectivity index (χ0) is 23.8. The standard InChI is InChI=1S/C24H26N3O4PS/c1-3-30-32(29,4-2)31-20(16-25)14-17-7-9-18(10-8-17)24(28)27-22-15-19(11-12-21(22)26)23-6-5-13-33-23/h5-13,15,20H,3-4,14,26H2,1-2H3,(H,27,28). The summed E-state index contributed by atoms with van der Waals surface area (Å²) in [7, 11) is -3.30. The summed E-state index contributed by atoms with van der Waals surface area (Å²) >= 11 is 1.61. The van der Waals surface area contributed by atoms with Crippen LogP contribution in [-0.2, 0) is 20.0 Å². The molecule has 172 valence electrons. The third-order valence-corrected chi connectivity index (χ3v) is 7.81. The van der Waals surface area contributed by atoms with E-state index in [0.717, 1.165) is 16.0 Å². The van der Waals surface area contributed by atoms with Gasteiger partial charge in [0.05, 0.1) is 24.1 Å². The number of anilines is 2. The average Bonchev–Trinajstić information content (AvgIpc) is 3.35. The molecule has 1 amide bonds. The van der Waals surface area contributed by atoms with Gasteiger partial charge in [0, 0.05) is 23.0 Å². The molecule has 0 radical (unpaired) electrons. The van der Waals surface area contributed by atoms with Crippen LogP contribution in [0.3, 0.4) is 0 Å².